The Labute approximate surface area is 299 Å². The molecule has 12 heteroatoms. The predicted molar refractivity (Wildman–Crippen MR) is 201 cm³/mol. The fraction of sp³-hybridized carbons (Fsp3) is 0.385. The number of carbonyl (C=O) groups is 2. The van der Waals surface area contributed by atoms with Gasteiger partial charge < -0.3 is 25.2 Å². The molecule has 4 heterocycles. The Balaban J connectivity index is 1.06. The third-order valence-corrected chi connectivity index (χ3v) is 11.7. The second-order valence-electron chi connectivity index (χ2n) is 15.1. The molecule has 0 bridgehead atoms. The van der Waals surface area contributed by atoms with Crippen molar-refractivity contribution in [1.82, 2.24) is 29.9 Å². The molecule has 0 saturated carbocycles. The number of halogens is 1. The van der Waals surface area contributed by atoms with Crippen molar-refractivity contribution < 1.29 is 18.7 Å². The van der Waals surface area contributed by atoms with Crippen LogP contribution in [0.4, 0.5) is 19.7 Å². The van der Waals surface area contributed by atoms with E-state index in [-0.39, 0.29) is 29.8 Å². The fourth-order valence-corrected chi connectivity index (χ4v) is 7.85. The number of nitrogens with zero attached hydrogens (tertiary/aromatic N) is 5. The lowest BCUT2D eigenvalue weighted by atomic mass is 9.98. The van der Waals surface area contributed by atoms with Crippen LogP contribution in [-0.2, 0) is 24.4 Å². The normalized spacial score (nSPS) is 16.0. The summed E-state index contributed by atoms with van der Waals surface area (Å²) >= 11 is 0. The monoisotopic (exact) mass is 707 g/mol. The summed E-state index contributed by atoms with van der Waals surface area (Å²) in [5.41, 5.74) is 5.76. The molecule has 0 radical (unpaired) electrons. The first-order valence-corrected chi connectivity index (χ1v) is 21.5. The van der Waals surface area contributed by atoms with Crippen molar-refractivity contribution in [2.75, 3.05) is 25.0 Å². The summed E-state index contributed by atoms with van der Waals surface area (Å²) in [7, 11) is -1.17. The number of aryl methyl sites for hydroxylation is 1. The van der Waals surface area contributed by atoms with Crippen molar-refractivity contribution >= 4 is 47.6 Å². The van der Waals surface area contributed by atoms with E-state index in [1.807, 2.05) is 52.2 Å². The topological polar surface area (TPSA) is 105 Å². The standard InChI is InChI=1S/C39H46FN7O3Si/c1-26-20-27(21-30-23-46(44-36(26)30)25-50-18-19-51(2,3)4)22-35(34-13-12-28-8-5-6-11-33(28)41-34)42-38(48)45-16-14-31(15-17-45)47-24-29-9-7-10-32(40)37(29)43-39(47)49/h5-13,20-21,23,31,35H,14-19,22,24-25H2,1-4H3,(H,42,48)(H,43,49). The van der Waals surface area contributed by atoms with Gasteiger partial charge in [-0.05, 0) is 73.2 Å². The number of nitrogens with one attached hydrogen (secondary N) is 2. The van der Waals surface area contributed by atoms with Crippen LogP contribution in [-0.4, -0.2) is 70.4 Å². The van der Waals surface area contributed by atoms with Crippen LogP contribution in [0.2, 0.25) is 25.7 Å². The average Bonchev–Trinajstić information content (AvgIpc) is 3.53. The number of anilines is 1. The highest BCUT2D eigenvalue weighted by atomic mass is 28.3. The fourth-order valence-electron chi connectivity index (χ4n) is 7.09. The number of piperidine rings is 1. The van der Waals surface area contributed by atoms with Crippen LogP contribution in [0.15, 0.2) is 72.9 Å². The number of benzene rings is 3. The average molecular weight is 708 g/mol. The Morgan fingerprint density at radius 2 is 1.86 bits per heavy atom. The highest BCUT2D eigenvalue weighted by molar-refractivity contribution is 6.76. The molecule has 10 nitrogen and oxygen atoms in total. The number of amides is 4. The number of aromatic nitrogens is 3. The summed E-state index contributed by atoms with van der Waals surface area (Å²) in [5.74, 6) is -0.426. The lowest BCUT2D eigenvalue weighted by Gasteiger charge is -2.40. The zero-order valence-electron chi connectivity index (χ0n) is 29.8. The van der Waals surface area contributed by atoms with Gasteiger partial charge in [-0.3, -0.25) is 4.98 Å². The Bertz CT molecular complexity index is 2070. The number of rotatable bonds is 10. The van der Waals surface area contributed by atoms with Gasteiger partial charge >= 0.3 is 12.1 Å². The van der Waals surface area contributed by atoms with Crippen molar-refractivity contribution in [3.63, 3.8) is 0 Å². The van der Waals surface area contributed by atoms with Crippen LogP contribution in [0.3, 0.4) is 0 Å². The SMILES string of the molecule is Cc1cc(CC(NC(=O)N2CCC(N3Cc4cccc(F)c4NC3=O)CC2)c2ccc3ccccc3n2)cc2cn(COCC[Si](C)(C)C)nc12. The van der Waals surface area contributed by atoms with Gasteiger partial charge in [0.2, 0.25) is 0 Å². The first kappa shape index (κ1) is 34.6. The first-order valence-electron chi connectivity index (χ1n) is 17.8. The van der Waals surface area contributed by atoms with E-state index in [1.165, 1.54) is 6.07 Å². The van der Waals surface area contributed by atoms with Crippen LogP contribution < -0.4 is 10.6 Å². The van der Waals surface area contributed by atoms with Crippen molar-refractivity contribution in [3.8, 4) is 0 Å². The van der Waals surface area contributed by atoms with E-state index in [0.717, 1.165) is 56.8 Å². The Morgan fingerprint density at radius 3 is 2.67 bits per heavy atom. The maximum Gasteiger partial charge on any atom is 0.322 e. The lowest BCUT2D eigenvalue weighted by molar-refractivity contribution is 0.0791. The molecule has 2 aliphatic heterocycles. The van der Waals surface area contributed by atoms with E-state index in [2.05, 4.69) is 55.4 Å². The molecule has 1 fully saturated rings. The molecule has 7 rings (SSSR count). The van der Waals surface area contributed by atoms with Crippen molar-refractivity contribution in [1.29, 1.82) is 0 Å². The number of urea groups is 2. The number of fused-ring (bicyclic) bond motifs is 3. The largest absolute Gasteiger partial charge is 0.360 e. The second kappa shape index (κ2) is 14.4. The molecule has 2 N–H and O–H groups in total. The molecule has 1 saturated heterocycles. The van der Waals surface area contributed by atoms with Crippen LogP contribution in [0.25, 0.3) is 21.8 Å². The quantitative estimate of drug-likeness (QED) is 0.114. The Hall–Kier alpha value is -4.81. The third-order valence-electron chi connectivity index (χ3n) is 9.97. The van der Waals surface area contributed by atoms with Gasteiger partial charge in [0.25, 0.3) is 0 Å². The van der Waals surface area contributed by atoms with Crippen LogP contribution in [0.5, 0.6) is 0 Å². The lowest BCUT2D eigenvalue weighted by Crippen LogP contribution is -2.53. The molecule has 266 valence electrons. The molecule has 0 aliphatic carbocycles. The molecule has 2 aromatic heterocycles. The number of para-hydroxylation sites is 2. The molecular weight excluding hydrogens is 662 g/mol. The molecule has 5 aromatic rings. The molecule has 3 aromatic carbocycles. The summed E-state index contributed by atoms with van der Waals surface area (Å²) in [6.45, 7) is 11.6. The summed E-state index contributed by atoms with van der Waals surface area (Å²) in [6, 6.07) is 21.4. The minimum Gasteiger partial charge on any atom is -0.360 e. The molecule has 4 amide bonds. The van der Waals surface area contributed by atoms with Gasteiger partial charge in [0.05, 0.1) is 28.5 Å². The van der Waals surface area contributed by atoms with Crippen LogP contribution in [0.1, 0.15) is 41.3 Å². The number of carbonyl (C=O) groups excluding carboxylic acids is 2. The Morgan fingerprint density at radius 1 is 1.06 bits per heavy atom. The number of pyridine rings is 1. The minimum absolute atomic E-state index is 0.0511. The Kier molecular flexibility index (Phi) is 9.80. The number of likely N-dealkylation sites (tertiary alicyclic amines) is 1. The van der Waals surface area contributed by atoms with E-state index in [0.29, 0.717) is 45.6 Å². The molecule has 1 unspecified atom stereocenters. The minimum atomic E-state index is -1.17. The van der Waals surface area contributed by atoms with Gasteiger partial charge in [-0.1, -0.05) is 62.1 Å². The summed E-state index contributed by atoms with van der Waals surface area (Å²) < 4.78 is 22.1. The van der Waals surface area contributed by atoms with Gasteiger partial charge in [-0.2, -0.15) is 5.10 Å². The van der Waals surface area contributed by atoms with E-state index in [1.54, 1.807) is 11.0 Å². The zero-order chi connectivity index (χ0) is 35.7. The summed E-state index contributed by atoms with van der Waals surface area (Å²) in [6.07, 6.45) is 3.84. The first-order chi connectivity index (χ1) is 24.5. The number of ether oxygens (including phenoxy) is 1. The van der Waals surface area contributed by atoms with Gasteiger partial charge in [0, 0.05) is 57.3 Å². The van der Waals surface area contributed by atoms with Gasteiger partial charge in [-0.15, -0.1) is 0 Å². The van der Waals surface area contributed by atoms with E-state index < -0.39 is 13.9 Å². The maximum absolute atomic E-state index is 14.3. The van der Waals surface area contributed by atoms with Gasteiger partial charge in [-0.25, -0.2) is 18.7 Å². The smallest absolute Gasteiger partial charge is 0.322 e. The molecule has 1 atom stereocenters. The number of hydrogen-bond acceptors (Lipinski definition) is 5. The molecule has 51 heavy (non-hydrogen) atoms. The molecule has 2 aliphatic rings. The van der Waals surface area contributed by atoms with Gasteiger partial charge in [0.1, 0.15) is 12.5 Å². The highest BCUT2D eigenvalue weighted by Gasteiger charge is 2.34. The van der Waals surface area contributed by atoms with E-state index >= 15 is 0 Å². The van der Waals surface area contributed by atoms with Crippen molar-refractivity contribution in [2.24, 2.45) is 0 Å². The summed E-state index contributed by atoms with van der Waals surface area (Å²) in [4.78, 5) is 35.4. The van der Waals surface area contributed by atoms with Crippen molar-refractivity contribution in [2.45, 2.75) is 77.2 Å². The van der Waals surface area contributed by atoms with Crippen LogP contribution >= 0.6 is 0 Å². The number of hydrogen-bond donors (Lipinski definition) is 2. The predicted octanol–water partition coefficient (Wildman–Crippen LogP) is 7.85. The zero-order valence-corrected chi connectivity index (χ0v) is 30.8. The van der Waals surface area contributed by atoms with Crippen molar-refractivity contribution in [3.05, 3.63) is 101 Å². The summed E-state index contributed by atoms with van der Waals surface area (Å²) in [5, 5.41) is 12.9. The maximum atomic E-state index is 14.3. The van der Waals surface area contributed by atoms with E-state index in [4.69, 9.17) is 14.8 Å². The van der Waals surface area contributed by atoms with Gasteiger partial charge in [0.15, 0.2) is 0 Å². The highest BCUT2D eigenvalue weighted by Crippen LogP contribution is 2.30. The molecular formula is C39H46FN7O3Si. The van der Waals surface area contributed by atoms with Crippen LogP contribution in [0, 0.1) is 12.7 Å². The molecule has 0 spiro atoms. The third kappa shape index (κ3) is 7.92. The second-order valence-corrected chi connectivity index (χ2v) is 20.7. The van der Waals surface area contributed by atoms with E-state index in [9.17, 15) is 14.0 Å².